The SMILES string of the molecule is C[C@H]1[C@H]2OC(C)(C)O[C@H]2C[N@+]1([O-])Cc1ccccc1. The molecule has 4 nitrogen and oxygen atoms in total. The minimum absolute atomic E-state index is 0.0776. The standard InChI is InChI=1S/C15H21NO3/c1-11-14-13(18-15(2,3)19-14)10-16(11,17)9-12-7-5-4-6-8-12/h4-8,11,13-14H,9-10H2,1-3H3/t11-,13-,14+,16+/m0/s1. The number of nitrogens with zero attached hydrogens (tertiary/aromatic N) is 1. The summed E-state index contributed by atoms with van der Waals surface area (Å²) >= 11 is 0. The summed E-state index contributed by atoms with van der Waals surface area (Å²) in [7, 11) is 0. The normalized spacial score (nSPS) is 40.3. The van der Waals surface area contributed by atoms with Crippen LogP contribution >= 0.6 is 0 Å². The van der Waals surface area contributed by atoms with E-state index in [9.17, 15) is 5.21 Å². The minimum atomic E-state index is -0.554. The molecule has 0 spiro atoms. The Morgan fingerprint density at radius 1 is 1.26 bits per heavy atom. The Morgan fingerprint density at radius 3 is 2.58 bits per heavy atom. The summed E-state index contributed by atoms with van der Waals surface area (Å²) < 4.78 is 11.5. The fourth-order valence-electron chi connectivity index (χ4n) is 3.25. The van der Waals surface area contributed by atoms with E-state index in [1.807, 2.05) is 51.1 Å². The maximum atomic E-state index is 13.0. The maximum absolute atomic E-state index is 13.0. The highest BCUT2D eigenvalue weighted by Crippen LogP contribution is 2.40. The Morgan fingerprint density at radius 2 is 1.95 bits per heavy atom. The van der Waals surface area contributed by atoms with Gasteiger partial charge in [0.15, 0.2) is 5.79 Å². The molecular formula is C15H21NO3. The lowest BCUT2D eigenvalue weighted by atomic mass is 10.1. The molecule has 0 N–H and O–H groups in total. The summed E-state index contributed by atoms with van der Waals surface area (Å²) in [5.41, 5.74) is 1.07. The van der Waals surface area contributed by atoms with Crippen LogP contribution in [0.3, 0.4) is 0 Å². The third-order valence-corrected chi connectivity index (χ3v) is 4.22. The minimum Gasteiger partial charge on any atom is -0.632 e. The third kappa shape index (κ3) is 2.30. The monoisotopic (exact) mass is 263 g/mol. The highest BCUT2D eigenvalue weighted by molar-refractivity contribution is 5.14. The fraction of sp³-hybridized carbons (Fsp3) is 0.600. The number of hydroxylamine groups is 3. The molecule has 4 heteroatoms. The van der Waals surface area contributed by atoms with E-state index in [0.29, 0.717) is 13.1 Å². The molecule has 3 rings (SSSR count). The van der Waals surface area contributed by atoms with Gasteiger partial charge in [-0.05, 0) is 20.8 Å². The van der Waals surface area contributed by atoms with E-state index < -0.39 is 5.79 Å². The van der Waals surface area contributed by atoms with E-state index >= 15 is 0 Å². The highest BCUT2D eigenvalue weighted by atomic mass is 16.8. The van der Waals surface area contributed by atoms with Crippen LogP contribution in [0.15, 0.2) is 30.3 Å². The predicted molar refractivity (Wildman–Crippen MR) is 71.9 cm³/mol. The van der Waals surface area contributed by atoms with Crippen molar-refractivity contribution < 1.29 is 14.1 Å². The third-order valence-electron chi connectivity index (χ3n) is 4.22. The first kappa shape index (κ1) is 13.1. The van der Waals surface area contributed by atoms with Crippen molar-refractivity contribution in [1.82, 2.24) is 0 Å². The molecule has 104 valence electrons. The van der Waals surface area contributed by atoms with Gasteiger partial charge in [0.2, 0.25) is 0 Å². The van der Waals surface area contributed by atoms with Crippen LogP contribution in [0.25, 0.3) is 0 Å². The van der Waals surface area contributed by atoms with Crippen molar-refractivity contribution >= 4 is 0 Å². The Labute approximate surface area is 114 Å². The number of hydrogen-bond acceptors (Lipinski definition) is 3. The lowest BCUT2D eigenvalue weighted by Gasteiger charge is -2.44. The van der Waals surface area contributed by atoms with Gasteiger partial charge in [-0.3, -0.25) is 0 Å². The molecule has 2 heterocycles. The Bertz CT molecular complexity index is 462. The Hall–Kier alpha value is -0.940. The van der Waals surface area contributed by atoms with E-state index in [0.717, 1.165) is 5.56 Å². The summed E-state index contributed by atoms with van der Waals surface area (Å²) in [6.07, 6.45) is -0.164. The number of likely N-dealkylation sites (tertiary alicyclic amines) is 1. The molecule has 2 aliphatic rings. The van der Waals surface area contributed by atoms with Crippen molar-refractivity contribution in [1.29, 1.82) is 0 Å². The molecule has 1 aromatic rings. The molecule has 1 aromatic carbocycles. The van der Waals surface area contributed by atoms with Gasteiger partial charge in [0.1, 0.15) is 31.3 Å². The van der Waals surface area contributed by atoms with Crippen LogP contribution in [0.4, 0.5) is 0 Å². The van der Waals surface area contributed by atoms with Gasteiger partial charge < -0.3 is 19.3 Å². The molecule has 0 aliphatic carbocycles. The van der Waals surface area contributed by atoms with Crippen LogP contribution in [0.5, 0.6) is 0 Å². The number of quaternary nitrogens is 1. The van der Waals surface area contributed by atoms with Gasteiger partial charge >= 0.3 is 0 Å². The van der Waals surface area contributed by atoms with Crippen molar-refractivity contribution in [2.45, 2.75) is 51.4 Å². The van der Waals surface area contributed by atoms with Gasteiger partial charge in [0, 0.05) is 5.56 Å². The van der Waals surface area contributed by atoms with Gasteiger partial charge in [-0.15, -0.1) is 0 Å². The van der Waals surface area contributed by atoms with Crippen molar-refractivity contribution in [3.8, 4) is 0 Å². The second kappa shape index (κ2) is 4.28. The average Bonchev–Trinajstić information content (AvgIpc) is 2.73. The summed E-state index contributed by atoms with van der Waals surface area (Å²) in [5.74, 6) is -0.554. The van der Waals surface area contributed by atoms with Crippen LogP contribution in [-0.4, -0.2) is 35.2 Å². The quantitative estimate of drug-likeness (QED) is 0.608. The van der Waals surface area contributed by atoms with E-state index in [-0.39, 0.29) is 22.9 Å². The molecule has 0 saturated carbocycles. The number of benzene rings is 1. The zero-order chi connectivity index (χ0) is 13.7. The molecule has 0 amide bonds. The zero-order valence-electron chi connectivity index (χ0n) is 11.7. The van der Waals surface area contributed by atoms with Gasteiger partial charge in [-0.1, -0.05) is 30.3 Å². The first-order valence-corrected chi connectivity index (χ1v) is 6.87. The second-order valence-electron chi connectivity index (χ2n) is 6.16. The van der Waals surface area contributed by atoms with Crippen molar-refractivity contribution in [3.63, 3.8) is 0 Å². The van der Waals surface area contributed by atoms with Crippen LogP contribution < -0.4 is 0 Å². The smallest absolute Gasteiger partial charge is 0.164 e. The number of fused-ring (bicyclic) bond motifs is 1. The molecule has 2 aliphatic heterocycles. The lowest BCUT2D eigenvalue weighted by Crippen LogP contribution is -2.48. The predicted octanol–water partition coefficient (Wildman–Crippen LogP) is 2.42. The Balaban J connectivity index is 1.77. The van der Waals surface area contributed by atoms with Crippen LogP contribution in [-0.2, 0) is 16.0 Å². The maximum Gasteiger partial charge on any atom is 0.164 e. The first-order chi connectivity index (χ1) is 8.90. The van der Waals surface area contributed by atoms with Gasteiger partial charge in [-0.2, -0.15) is 0 Å². The number of rotatable bonds is 2. The van der Waals surface area contributed by atoms with Crippen molar-refractivity contribution in [3.05, 3.63) is 41.1 Å². The van der Waals surface area contributed by atoms with Gasteiger partial charge in [0.25, 0.3) is 0 Å². The number of ether oxygens (including phenoxy) is 2. The summed E-state index contributed by atoms with van der Waals surface area (Å²) in [6, 6.07) is 9.83. The highest BCUT2D eigenvalue weighted by Gasteiger charge is 2.56. The fourth-order valence-corrected chi connectivity index (χ4v) is 3.25. The topological polar surface area (TPSA) is 41.5 Å². The average molecular weight is 263 g/mol. The van der Waals surface area contributed by atoms with E-state index in [1.165, 1.54) is 0 Å². The Kier molecular flexibility index (Phi) is 2.94. The van der Waals surface area contributed by atoms with E-state index in [2.05, 4.69) is 0 Å². The molecular weight excluding hydrogens is 242 g/mol. The molecule has 2 saturated heterocycles. The molecule has 4 atom stereocenters. The van der Waals surface area contributed by atoms with Crippen LogP contribution in [0.2, 0.25) is 0 Å². The molecule has 2 fully saturated rings. The van der Waals surface area contributed by atoms with E-state index in [1.54, 1.807) is 0 Å². The summed E-state index contributed by atoms with van der Waals surface area (Å²) in [5, 5.41) is 13.0. The lowest BCUT2D eigenvalue weighted by molar-refractivity contribution is -0.907. The first-order valence-electron chi connectivity index (χ1n) is 6.87. The number of hydrogen-bond donors (Lipinski definition) is 0. The molecule has 19 heavy (non-hydrogen) atoms. The van der Waals surface area contributed by atoms with E-state index in [4.69, 9.17) is 9.47 Å². The second-order valence-corrected chi connectivity index (χ2v) is 6.16. The largest absolute Gasteiger partial charge is 0.632 e. The summed E-state index contributed by atoms with van der Waals surface area (Å²) in [4.78, 5) is 0. The van der Waals surface area contributed by atoms with Crippen LogP contribution in [0, 0.1) is 5.21 Å². The van der Waals surface area contributed by atoms with Crippen LogP contribution in [0.1, 0.15) is 26.3 Å². The van der Waals surface area contributed by atoms with Gasteiger partial charge in [-0.25, -0.2) is 0 Å². The van der Waals surface area contributed by atoms with Crippen molar-refractivity contribution in [2.75, 3.05) is 6.54 Å². The summed E-state index contributed by atoms with van der Waals surface area (Å²) in [6.45, 7) is 6.76. The molecule has 0 bridgehead atoms. The molecule has 0 aromatic heterocycles. The van der Waals surface area contributed by atoms with Gasteiger partial charge in [0.05, 0.1) is 0 Å². The van der Waals surface area contributed by atoms with Crippen molar-refractivity contribution in [2.24, 2.45) is 0 Å². The molecule has 0 radical (unpaired) electrons. The zero-order valence-corrected chi connectivity index (χ0v) is 11.7. The molecule has 0 unspecified atom stereocenters.